The minimum absolute atomic E-state index is 0.0981. The third kappa shape index (κ3) is 3.29. The number of esters is 1. The number of halogens is 1. The summed E-state index contributed by atoms with van der Waals surface area (Å²) in [5, 5.41) is 0.374. The average Bonchev–Trinajstić information content (AvgIpc) is 2.61. The predicted octanol–water partition coefficient (Wildman–Crippen LogP) is 3.26. The van der Waals surface area contributed by atoms with Crippen LogP contribution in [-0.4, -0.2) is 55.2 Å². The van der Waals surface area contributed by atoms with Gasteiger partial charge in [-0.15, -0.1) is 0 Å². The molecule has 0 aliphatic carbocycles. The summed E-state index contributed by atoms with van der Waals surface area (Å²) >= 11 is 6.21. The lowest BCUT2D eigenvalue weighted by atomic mass is 9.83. The number of likely N-dealkylation sites (N-methyl/N-ethyl adjacent to an activating group) is 1. The van der Waals surface area contributed by atoms with E-state index in [4.69, 9.17) is 21.1 Å². The normalized spacial score (nSPS) is 30.5. The molecule has 6 nitrogen and oxygen atoms in total. The second-order valence-corrected chi connectivity index (χ2v) is 8.30. The number of carbonyl (C=O) groups is 2. The molecule has 1 amide bonds. The van der Waals surface area contributed by atoms with Gasteiger partial charge in [-0.1, -0.05) is 18.0 Å². The summed E-state index contributed by atoms with van der Waals surface area (Å²) in [7, 11) is 3.83. The fourth-order valence-electron chi connectivity index (χ4n) is 4.60. The van der Waals surface area contributed by atoms with Crippen LogP contribution in [0.1, 0.15) is 49.4 Å². The predicted molar refractivity (Wildman–Crippen MR) is 103 cm³/mol. The Hall–Kier alpha value is -1.79. The van der Waals surface area contributed by atoms with Crippen molar-refractivity contribution in [3.05, 3.63) is 22.7 Å². The first kappa shape index (κ1) is 18.6. The van der Waals surface area contributed by atoms with Crippen LogP contribution < -0.4 is 9.64 Å². The number of nitrogens with zero attached hydrogens (tertiary/aromatic N) is 2. The van der Waals surface area contributed by atoms with E-state index in [0.717, 1.165) is 25.7 Å². The molecule has 0 radical (unpaired) electrons. The molecular weight excluding hydrogens is 368 g/mol. The number of fused-ring (bicyclic) bond motifs is 3. The summed E-state index contributed by atoms with van der Waals surface area (Å²) in [5.41, 5.74) is 0.783. The first-order valence-electron chi connectivity index (χ1n) is 9.56. The van der Waals surface area contributed by atoms with Gasteiger partial charge in [0.25, 0.3) is 5.91 Å². The summed E-state index contributed by atoms with van der Waals surface area (Å²) in [5.74, 6) is -0.240. The van der Waals surface area contributed by atoms with Crippen molar-refractivity contribution in [2.45, 2.75) is 63.3 Å². The van der Waals surface area contributed by atoms with Gasteiger partial charge in [-0.3, -0.25) is 4.79 Å². The summed E-state index contributed by atoms with van der Waals surface area (Å²) in [6.45, 7) is 1.67. The maximum atomic E-state index is 13.0. The van der Waals surface area contributed by atoms with Crippen LogP contribution >= 0.6 is 11.6 Å². The quantitative estimate of drug-likeness (QED) is 0.723. The lowest BCUT2D eigenvalue weighted by molar-refractivity contribution is -0.125. The lowest BCUT2D eigenvalue weighted by Crippen LogP contribution is -2.52. The Morgan fingerprint density at radius 2 is 1.89 bits per heavy atom. The van der Waals surface area contributed by atoms with E-state index in [0.29, 0.717) is 28.5 Å². The number of anilines is 1. The molecule has 4 rings (SSSR count). The number of ether oxygens (including phenoxy) is 2. The van der Waals surface area contributed by atoms with Crippen molar-refractivity contribution >= 4 is 29.2 Å². The molecule has 3 aliphatic rings. The summed E-state index contributed by atoms with van der Waals surface area (Å²) in [6, 6.07) is 4.15. The van der Waals surface area contributed by atoms with Crippen molar-refractivity contribution < 1.29 is 19.1 Å². The van der Waals surface area contributed by atoms with E-state index in [9.17, 15) is 9.59 Å². The van der Waals surface area contributed by atoms with Crippen LogP contribution in [0.3, 0.4) is 0 Å². The second kappa shape index (κ2) is 6.99. The van der Waals surface area contributed by atoms with E-state index in [1.165, 1.54) is 11.3 Å². The van der Waals surface area contributed by atoms with Crippen LogP contribution in [0.25, 0.3) is 0 Å². The first-order chi connectivity index (χ1) is 12.8. The summed E-state index contributed by atoms with van der Waals surface area (Å²) < 4.78 is 11.6. The van der Waals surface area contributed by atoms with Gasteiger partial charge in [-0.25, -0.2) is 4.79 Å². The molecule has 0 spiro atoms. The fraction of sp³-hybridized carbons (Fsp3) is 0.600. The van der Waals surface area contributed by atoms with E-state index in [1.807, 2.05) is 0 Å². The lowest BCUT2D eigenvalue weighted by Gasteiger charge is -2.46. The largest absolute Gasteiger partial charge is 0.478 e. The molecule has 1 aromatic rings. The third-order valence-corrected chi connectivity index (χ3v) is 6.38. The van der Waals surface area contributed by atoms with E-state index < -0.39 is 12.1 Å². The molecule has 2 saturated heterocycles. The zero-order chi connectivity index (χ0) is 19.3. The Balaban J connectivity index is 1.58. The molecular formula is C20H25ClN2O4. The van der Waals surface area contributed by atoms with Crippen LogP contribution in [0.15, 0.2) is 12.1 Å². The standard InChI is InChI=1S/C20H25ClN2O4/c1-11-19(24)23(3)17-8-12(21)7-16(18(17)26-11)20(25)27-15-9-13-5-4-6-14(10-15)22(13)2/h7-8,11,13-15H,4-6,9-10H2,1-3H3. The highest BCUT2D eigenvalue weighted by atomic mass is 35.5. The Kier molecular flexibility index (Phi) is 4.80. The van der Waals surface area contributed by atoms with Gasteiger partial charge < -0.3 is 19.3 Å². The highest BCUT2D eigenvalue weighted by Gasteiger charge is 2.39. The van der Waals surface area contributed by atoms with E-state index in [2.05, 4.69) is 11.9 Å². The highest BCUT2D eigenvalue weighted by Crippen LogP contribution is 2.40. The second-order valence-electron chi connectivity index (χ2n) is 7.86. The SMILES string of the molecule is CC1Oc2c(C(=O)OC3CC4CCCC(C3)N4C)cc(Cl)cc2N(C)C1=O. The third-order valence-electron chi connectivity index (χ3n) is 6.16. The number of rotatable bonds is 2. The van der Waals surface area contributed by atoms with Gasteiger partial charge >= 0.3 is 5.97 Å². The summed E-state index contributed by atoms with van der Waals surface area (Å²) in [4.78, 5) is 29.0. The zero-order valence-corrected chi connectivity index (χ0v) is 16.7. The maximum Gasteiger partial charge on any atom is 0.342 e. The molecule has 0 N–H and O–H groups in total. The average molecular weight is 393 g/mol. The Bertz CT molecular complexity index is 769. The number of hydrogen-bond donors (Lipinski definition) is 0. The minimum Gasteiger partial charge on any atom is -0.478 e. The Morgan fingerprint density at radius 1 is 1.22 bits per heavy atom. The van der Waals surface area contributed by atoms with Gasteiger partial charge in [0.15, 0.2) is 11.9 Å². The number of carbonyl (C=O) groups excluding carboxylic acids is 2. The molecule has 0 saturated carbocycles. The smallest absolute Gasteiger partial charge is 0.342 e. The first-order valence-corrected chi connectivity index (χ1v) is 9.93. The molecule has 3 unspecified atom stereocenters. The van der Waals surface area contributed by atoms with Gasteiger partial charge in [0.05, 0.1) is 5.69 Å². The Labute approximate surface area is 164 Å². The van der Waals surface area contributed by atoms with Crippen molar-refractivity contribution in [1.82, 2.24) is 4.90 Å². The molecule has 3 aliphatic heterocycles. The van der Waals surface area contributed by atoms with Crippen molar-refractivity contribution in [3.8, 4) is 5.75 Å². The molecule has 3 atom stereocenters. The van der Waals surface area contributed by atoms with Crippen LogP contribution in [-0.2, 0) is 9.53 Å². The molecule has 7 heteroatoms. The number of hydrogen-bond acceptors (Lipinski definition) is 5. The van der Waals surface area contributed by atoms with Gasteiger partial charge in [-0.05, 0) is 38.9 Å². The van der Waals surface area contributed by atoms with Crippen LogP contribution in [0.2, 0.25) is 5.02 Å². The van der Waals surface area contributed by atoms with Gasteiger partial charge in [-0.2, -0.15) is 0 Å². The zero-order valence-electron chi connectivity index (χ0n) is 15.9. The Morgan fingerprint density at radius 3 is 2.56 bits per heavy atom. The van der Waals surface area contributed by atoms with Crippen molar-refractivity contribution in [3.63, 3.8) is 0 Å². The number of amides is 1. The van der Waals surface area contributed by atoms with Gasteiger partial charge in [0.1, 0.15) is 11.7 Å². The van der Waals surface area contributed by atoms with E-state index in [-0.39, 0.29) is 17.6 Å². The van der Waals surface area contributed by atoms with Crippen LogP contribution in [0.4, 0.5) is 5.69 Å². The maximum absolute atomic E-state index is 13.0. The van der Waals surface area contributed by atoms with E-state index in [1.54, 1.807) is 26.1 Å². The van der Waals surface area contributed by atoms with Crippen LogP contribution in [0, 0.1) is 0 Å². The van der Waals surface area contributed by atoms with Crippen molar-refractivity contribution in [2.75, 3.05) is 19.0 Å². The number of piperidine rings is 2. The summed E-state index contributed by atoms with van der Waals surface area (Å²) in [6.07, 6.45) is 4.52. The monoisotopic (exact) mass is 392 g/mol. The molecule has 2 bridgehead atoms. The molecule has 0 aromatic heterocycles. The van der Waals surface area contributed by atoms with Crippen molar-refractivity contribution in [1.29, 1.82) is 0 Å². The molecule has 27 heavy (non-hydrogen) atoms. The van der Waals surface area contributed by atoms with Crippen LogP contribution in [0.5, 0.6) is 5.75 Å². The molecule has 1 aromatic carbocycles. The molecule has 3 heterocycles. The van der Waals surface area contributed by atoms with Gasteiger partial charge in [0.2, 0.25) is 0 Å². The minimum atomic E-state index is -0.655. The fourth-order valence-corrected chi connectivity index (χ4v) is 4.81. The van der Waals surface area contributed by atoms with E-state index >= 15 is 0 Å². The molecule has 146 valence electrons. The topological polar surface area (TPSA) is 59.1 Å². The number of benzene rings is 1. The molecule has 2 fully saturated rings. The van der Waals surface area contributed by atoms with Gasteiger partial charge in [0, 0.05) is 37.0 Å². The highest BCUT2D eigenvalue weighted by molar-refractivity contribution is 6.31. The van der Waals surface area contributed by atoms with Crippen molar-refractivity contribution in [2.24, 2.45) is 0 Å².